The van der Waals surface area contributed by atoms with Crippen LogP contribution in [0.25, 0.3) is 0 Å². The molecule has 0 spiro atoms. The zero-order chi connectivity index (χ0) is 13.8. The van der Waals surface area contributed by atoms with Gasteiger partial charge in [-0.25, -0.2) is 0 Å². The number of rotatable bonds is 4. The van der Waals surface area contributed by atoms with Crippen LogP contribution in [-0.4, -0.2) is 18.0 Å². The molecule has 0 saturated heterocycles. The molecule has 20 heavy (non-hydrogen) atoms. The highest BCUT2D eigenvalue weighted by Crippen LogP contribution is 2.35. The van der Waals surface area contributed by atoms with Crippen molar-refractivity contribution in [2.75, 3.05) is 11.9 Å². The van der Waals surface area contributed by atoms with Crippen molar-refractivity contribution in [3.8, 4) is 17.2 Å². The van der Waals surface area contributed by atoms with Gasteiger partial charge in [0, 0.05) is 11.4 Å². The van der Waals surface area contributed by atoms with Gasteiger partial charge in [0.25, 0.3) is 0 Å². The number of ether oxygens (including phenoxy) is 3. The molecule has 2 aromatic rings. The molecule has 0 bridgehead atoms. The summed E-state index contributed by atoms with van der Waals surface area (Å²) in [7, 11) is 0. The number of halogens is 1. The van der Waals surface area contributed by atoms with Crippen LogP contribution < -0.4 is 14.2 Å². The Labute approximate surface area is 126 Å². The topological polar surface area (TPSA) is 27.7 Å². The van der Waals surface area contributed by atoms with Crippen LogP contribution in [0.1, 0.15) is 5.56 Å². The van der Waals surface area contributed by atoms with Crippen LogP contribution in [-0.2, 0) is 6.61 Å². The average molecular weight is 335 g/mol. The Balaban J connectivity index is 1.69. The van der Waals surface area contributed by atoms with Crippen molar-refractivity contribution in [1.82, 2.24) is 0 Å². The van der Waals surface area contributed by atoms with E-state index in [1.165, 1.54) is 0 Å². The molecule has 1 atom stereocenters. The Bertz CT molecular complexity index is 571. The summed E-state index contributed by atoms with van der Waals surface area (Å²) in [5.41, 5.74) is 1.14. The summed E-state index contributed by atoms with van der Waals surface area (Å²) in [4.78, 5) is 0. The lowest BCUT2D eigenvalue weighted by Gasteiger charge is -2.25. The van der Waals surface area contributed by atoms with Crippen LogP contribution in [0.15, 0.2) is 48.5 Å². The predicted octanol–water partition coefficient (Wildman–Crippen LogP) is 3.80. The molecule has 104 valence electrons. The molecular weight excluding hydrogens is 320 g/mol. The molecule has 1 aliphatic rings. The Morgan fingerprint density at radius 3 is 2.75 bits per heavy atom. The van der Waals surface area contributed by atoms with Gasteiger partial charge in [0.2, 0.25) is 0 Å². The van der Waals surface area contributed by atoms with Crippen LogP contribution in [0.4, 0.5) is 0 Å². The molecule has 0 fully saturated rings. The molecule has 1 unspecified atom stereocenters. The van der Waals surface area contributed by atoms with Crippen LogP contribution >= 0.6 is 15.9 Å². The van der Waals surface area contributed by atoms with E-state index in [-0.39, 0.29) is 6.10 Å². The molecule has 1 heterocycles. The minimum absolute atomic E-state index is 0.0480. The van der Waals surface area contributed by atoms with Crippen molar-refractivity contribution in [3.05, 3.63) is 54.1 Å². The normalized spacial score (nSPS) is 16.8. The number of hydrogen-bond donors (Lipinski definition) is 0. The molecule has 2 aromatic carbocycles. The van der Waals surface area contributed by atoms with Gasteiger partial charge in [-0.1, -0.05) is 46.3 Å². The molecule has 0 aromatic heterocycles. The van der Waals surface area contributed by atoms with Gasteiger partial charge >= 0.3 is 0 Å². The van der Waals surface area contributed by atoms with Crippen molar-refractivity contribution in [2.24, 2.45) is 0 Å². The number of benzene rings is 2. The van der Waals surface area contributed by atoms with Crippen molar-refractivity contribution < 1.29 is 14.2 Å². The molecule has 0 saturated carbocycles. The third kappa shape index (κ3) is 3.07. The van der Waals surface area contributed by atoms with Gasteiger partial charge in [-0.15, -0.1) is 0 Å². The molecule has 0 radical (unpaired) electrons. The van der Waals surface area contributed by atoms with E-state index in [0.717, 1.165) is 28.1 Å². The average Bonchev–Trinajstić information content (AvgIpc) is 2.53. The summed E-state index contributed by atoms with van der Waals surface area (Å²) in [5, 5.41) is 0.752. The maximum absolute atomic E-state index is 5.82. The fourth-order valence-electron chi connectivity index (χ4n) is 2.00. The maximum Gasteiger partial charge on any atom is 0.165 e. The SMILES string of the molecule is BrCC1COc2ccc(OCc3ccccc3)cc2O1. The first-order valence-electron chi connectivity index (χ1n) is 6.51. The zero-order valence-corrected chi connectivity index (χ0v) is 12.5. The number of alkyl halides is 1. The van der Waals surface area contributed by atoms with Crippen LogP contribution in [0.5, 0.6) is 17.2 Å². The molecular formula is C16H15BrO3. The van der Waals surface area contributed by atoms with E-state index in [0.29, 0.717) is 13.2 Å². The highest BCUT2D eigenvalue weighted by molar-refractivity contribution is 9.09. The zero-order valence-electron chi connectivity index (χ0n) is 10.9. The summed E-state index contributed by atoms with van der Waals surface area (Å²) >= 11 is 3.41. The summed E-state index contributed by atoms with van der Waals surface area (Å²) in [6.45, 7) is 1.12. The molecule has 3 rings (SSSR count). The van der Waals surface area contributed by atoms with Gasteiger partial charge in [-0.05, 0) is 17.7 Å². The molecule has 1 aliphatic heterocycles. The number of hydrogen-bond acceptors (Lipinski definition) is 3. The van der Waals surface area contributed by atoms with Gasteiger partial charge in [-0.2, -0.15) is 0 Å². The lowest BCUT2D eigenvalue weighted by molar-refractivity contribution is 0.107. The summed E-state index contributed by atoms with van der Waals surface area (Å²) in [5.74, 6) is 2.30. The first-order valence-corrected chi connectivity index (χ1v) is 7.63. The Morgan fingerprint density at radius 1 is 1.10 bits per heavy atom. The van der Waals surface area contributed by atoms with Gasteiger partial charge in [0.15, 0.2) is 11.5 Å². The maximum atomic E-state index is 5.82. The van der Waals surface area contributed by atoms with E-state index in [4.69, 9.17) is 14.2 Å². The first-order chi connectivity index (χ1) is 9.85. The van der Waals surface area contributed by atoms with Crippen molar-refractivity contribution in [3.63, 3.8) is 0 Å². The summed E-state index contributed by atoms with van der Waals surface area (Å²) < 4.78 is 17.2. The molecule has 3 nitrogen and oxygen atoms in total. The summed E-state index contributed by atoms with van der Waals surface area (Å²) in [6.07, 6.45) is 0.0480. The van der Waals surface area contributed by atoms with E-state index in [2.05, 4.69) is 15.9 Å². The van der Waals surface area contributed by atoms with E-state index in [1.807, 2.05) is 48.5 Å². The lowest BCUT2D eigenvalue weighted by atomic mass is 10.2. The quantitative estimate of drug-likeness (QED) is 0.796. The highest BCUT2D eigenvalue weighted by atomic mass is 79.9. The smallest absolute Gasteiger partial charge is 0.165 e. The molecule has 0 N–H and O–H groups in total. The number of fused-ring (bicyclic) bond motifs is 1. The van der Waals surface area contributed by atoms with E-state index >= 15 is 0 Å². The third-order valence-corrected chi connectivity index (χ3v) is 3.78. The second-order valence-electron chi connectivity index (χ2n) is 4.59. The fraction of sp³-hybridized carbons (Fsp3) is 0.250. The molecule has 4 heteroatoms. The van der Waals surface area contributed by atoms with Crippen LogP contribution in [0.2, 0.25) is 0 Å². The Hall–Kier alpha value is -1.68. The molecule has 0 amide bonds. The van der Waals surface area contributed by atoms with Crippen molar-refractivity contribution in [2.45, 2.75) is 12.7 Å². The Morgan fingerprint density at radius 2 is 1.95 bits per heavy atom. The van der Waals surface area contributed by atoms with Crippen LogP contribution in [0.3, 0.4) is 0 Å². The predicted molar refractivity (Wildman–Crippen MR) is 80.9 cm³/mol. The fourth-order valence-corrected chi connectivity index (χ4v) is 2.32. The summed E-state index contributed by atoms with van der Waals surface area (Å²) in [6, 6.07) is 15.8. The van der Waals surface area contributed by atoms with E-state index < -0.39 is 0 Å². The minimum atomic E-state index is 0.0480. The van der Waals surface area contributed by atoms with Crippen molar-refractivity contribution in [1.29, 1.82) is 0 Å². The Kier molecular flexibility index (Phi) is 4.11. The van der Waals surface area contributed by atoms with Gasteiger partial charge < -0.3 is 14.2 Å². The lowest BCUT2D eigenvalue weighted by Crippen LogP contribution is -2.30. The third-order valence-electron chi connectivity index (χ3n) is 3.05. The second-order valence-corrected chi connectivity index (χ2v) is 5.24. The van der Waals surface area contributed by atoms with E-state index in [1.54, 1.807) is 0 Å². The van der Waals surface area contributed by atoms with Gasteiger partial charge in [0.1, 0.15) is 25.1 Å². The van der Waals surface area contributed by atoms with Gasteiger partial charge in [0.05, 0.1) is 0 Å². The standard InChI is InChI=1S/C16H15BrO3/c17-9-14-11-19-15-7-6-13(8-16(15)20-14)18-10-12-4-2-1-3-5-12/h1-8,14H,9-11H2. The highest BCUT2D eigenvalue weighted by Gasteiger charge is 2.20. The van der Waals surface area contributed by atoms with E-state index in [9.17, 15) is 0 Å². The molecule has 0 aliphatic carbocycles. The minimum Gasteiger partial charge on any atom is -0.489 e. The largest absolute Gasteiger partial charge is 0.489 e. The van der Waals surface area contributed by atoms with Crippen LogP contribution in [0, 0.1) is 0 Å². The van der Waals surface area contributed by atoms with Crippen molar-refractivity contribution >= 4 is 15.9 Å². The second kappa shape index (κ2) is 6.18. The first kappa shape index (κ1) is 13.3. The monoisotopic (exact) mass is 334 g/mol. The van der Waals surface area contributed by atoms with Gasteiger partial charge in [-0.3, -0.25) is 0 Å².